The van der Waals surface area contributed by atoms with Crippen molar-refractivity contribution in [2.24, 2.45) is 0 Å². The molecule has 1 aliphatic heterocycles. The molecule has 0 radical (unpaired) electrons. The molecule has 0 aromatic carbocycles. The summed E-state index contributed by atoms with van der Waals surface area (Å²) in [7, 11) is 0. The van der Waals surface area contributed by atoms with Crippen molar-refractivity contribution in [3.8, 4) is 0 Å². The van der Waals surface area contributed by atoms with E-state index in [1.165, 1.54) is 0 Å². The molecule has 2 rings (SSSR count). The zero-order valence-electron chi connectivity index (χ0n) is 12.2. The molecule has 0 spiro atoms. The van der Waals surface area contributed by atoms with Crippen LogP contribution in [0.4, 0.5) is 5.95 Å². The third-order valence-electron chi connectivity index (χ3n) is 3.32. The number of anilines is 1. The number of hydrogen-bond donors (Lipinski definition) is 1. The zero-order valence-corrected chi connectivity index (χ0v) is 12.2. The maximum atomic E-state index is 12.0. The average molecular weight is 278 g/mol. The molecule has 1 amide bonds. The first-order valence-corrected chi connectivity index (χ1v) is 7.17. The predicted molar refractivity (Wildman–Crippen MR) is 77.0 cm³/mol. The van der Waals surface area contributed by atoms with Crippen molar-refractivity contribution in [1.82, 2.24) is 15.3 Å². The van der Waals surface area contributed by atoms with E-state index >= 15 is 0 Å². The van der Waals surface area contributed by atoms with Crippen LogP contribution < -0.4 is 10.2 Å². The quantitative estimate of drug-likeness (QED) is 0.818. The molecule has 2 heterocycles. The third-order valence-corrected chi connectivity index (χ3v) is 3.32. The Kier molecular flexibility index (Phi) is 5.29. The summed E-state index contributed by atoms with van der Waals surface area (Å²) in [4.78, 5) is 22.8. The Morgan fingerprint density at radius 3 is 2.85 bits per heavy atom. The molecule has 1 aliphatic rings. The summed E-state index contributed by atoms with van der Waals surface area (Å²) < 4.78 is 5.31. The topological polar surface area (TPSA) is 67.4 Å². The van der Waals surface area contributed by atoms with Gasteiger partial charge in [-0.2, -0.15) is 0 Å². The zero-order chi connectivity index (χ0) is 14.4. The first-order valence-electron chi connectivity index (χ1n) is 7.17. The molecule has 0 aliphatic carbocycles. The van der Waals surface area contributed by atoms with E-state index in [2.05, 4.69) is 27.1 Å². The molecule has 1 aromatic heterocycles. The summed E-state index contributed by atoms with van der Waals surface area (Å²) in [6, 6.07) is 0. The van der Waals surface area contributed by atoms with Gasteiger partial charge in [0.1, 0.15) is 0 Å². The maximum absolute atomic E-state index is 12.0. The van der Waals surface area contributed by atoms with Gasteiger partial charge in [0, 0.05) is 25.8 Å². The van der Waals surface area contributed by atoms with Gasteiger partial charge in [-0.1, -0.05) is 13.3 Å². The first-order chi connectivity index (χ1) is 9.72. The molecule has 1 saturated heterocycles. The monoisotopic (exact) mass is 278 g/mol. The highest BCUT2D eigenvalue weighted by Crippen LogP contribution is 2.12. The Balaban J connectivity index is 2.03. The molecule has 6 heteroatoms. The minimum Gasteiger partial charge on any atom is -0.378 e. The Morgan fingerprint density at radius 1 is 1.45 bits per heavy atom. The van der Waals surface area contributed by atoms with Gasteiger partial charge in [0.15, 0.2) is 0 Å². The normalized spacial score (nSPS) is 15.2. The molecule has 1 aromatic rings. The van der Waals surface area contributed by atoms with E-state index in [9.17, 15) is 4.79 Å². The van der Waals surface area contributed by atoms with Crippen molar-refractivity contribution in [2.75, 3.05) is 37.7 Å². The first kappa shape index (κ1) is 14.7. The number of hydrogen-bond acceptors (Lipinski definition) is 5. The summed E-state index contributed by atoms with van der Waals surface area (Å²) in [6.45, 7) is 7.62. The van der Waals surface area contributed by atoms with Crippen LogP contribution in [0.3, 0.4) is 0 Å². The summed E-state index contributed by atoms with van der Waals surface area (Å²) in [5.41, 5.74) is 1.27. The summed E-state index contributed by atoms with van der Waals surface area (Å²) >= 11 is 0. The minimum atomic E-state index is -0.0931. The van der Waals surface area contributed by atoms with E-state index in [1.807, 2.05) is 6.92 Å². The van der Waals surface area contributed by atoms with E-state index in [4.69, 9.17) is 4.74 Å². The molecule has 1 N–H and O–H groups in total. The number of unbranched alkanes of at least 4 members (excludes halogenated alkanes) is 1. The molecule has 110 valence electrons. The van der Waals surface area contributed by atoms with Crippen molar-refractivity contribution >= 4 is 11.9 Å². The fraction of sp³-hybridized carbons (Fsp3) is 0.643. The van der Waals surface area contributed by atoms with E-state index in [0.29, 0.717) is 31.3 Å². The lowest BCUT2D eigenvalue weighted by molar-refractivity contribution is 0.0951. The number of amides is 1. The van der Waals surface area contributed by atoms with Crippen LogP contribution in [-0.2, 0) is 4.74 Å². The Bertz CT molecular complexity index is 458. The number of nitrogens with one attached hydrogen (secondary N) is 1. The van der Waals surface area contributed by atoms with Crippen molar-refractivity contribution in [3.05, 3.63) is 17.5 Å². The number of ether oxygens (including phenoxy) is 1. The van der Waals surface area contributed by atoms with Gasteiger partial charge in [0.25, 0.3) is 5.91 Å². The highest BCUT2D eigenvalue weighted by molar-refractivity contribution is 5.94. The summed E-state index contributed by atoms with van der Waals surface area (Å²) in [5, 5.41) is 2.89. The molecule has 0 bridgehead atoms. The van der Waals surface area contributed by atoms with Gasteiger partial charge in [-0.3, -0.25) is 4.79 Å². The van der Waals surface area contributed by atoms with Crippen LogP contribution in [0.5, 0.6) is 0 Å². The molecule has 0 saturated carbocycles. The summed E-state index contributed by atoms with van der Waals surface area (Å²) in [5.74, 6) is 0.584. The molecule has 6 nitrogen and oxygen atoms in total. The highest BCUT2D eigenvalue weighted by atomic mass is 16.5. The largest absolute Gasteiger partial charge is 0.378 e. The lowest BCUT2D eigenvalue weighted by Crippen LogP contribution is -2.37. The second kappa shape index (κ2) is 7.19. The second-order valence-electron chi connectivity index (χ2n) is 4.88. The van der Waals surface area contributed by atoms with Crippen LogP contribution in [0.25, 0.3) is 0 Å². The van der Waals surface area contributed by atoms with Crippen LogP contribution in [0, 0.1) is 6.92 Å². The van der Waals surface area contributed by atoms with E-state index in [-0.39, 0.29) is 5.91 Å². The van der Waals surface area contributed by atoms with Gasteiger partial charge in [-0.25, -0.2) is 9.97 Å². The van der Waals surface area contributed by atoms with Crippen LogP contribution in [0.2, 0.25) is 0 Å². The van der Waals surface area contributed by atoms with Crippen molar-refractivity contribution < 1.29 is 9.53 Å². The third kappa shape index (κ3) is 3.66. The number of rotatable bonds is 5. The van der Waals surface area contributed by atoms with E-state index in [1.54, 1.807) is 6.20 Å². The standard InChI is InChI=1S/C14H22N4O2/c1-3-4-5-15-13(19)12-10-16-14(17-11(12)2)18-6-8-20-9-7-18/h10H,3-9H2,1-2H3,(H,15,19). The Labute approximate surface area is 119 Å². The van der Waals surface area contributed by atoms with Crippen LogP contribution in [0.15, 0.2) is 6.20 Å². The Hall–Kier alpha value is -1.69. The smallest absolute Gasteiger partial charge is 0.254 e. The molecular weight excluding hydrogens is 256 g/mol. The van der Waals surface area contributed by atoms with Crippen LogP contribution in [-0.4, -0.2) is 48.7 Å². The number of carbonyl (C=O) groups excluding carboxylic acids is 1. The van der Waals surface area contributed by atoms with E-state index in [0.717, 1.165) is 31.6 Å². The number of aryl methyl sites for hydroxylation is 1. The SMILES string of the molecule is CCCCNC(=O)c1cnc(N2CCOCC2)nc1C. The Morgan fingerprint density at radius 2 is 2.20 bits per heavy atom. The van der Waals surface area contributed by atoms with Crippen molar-refractivity contribution in [2.45, 2.75) is 26.7 Å². The van der Waals surface area contributed by atoms with Crippen LogP contribution in [0.1, 0.15) is 35.8 Å². The average Bonchev–Trinajstić information content (AvgIpc) is 2.48. The molecule has 1 fully saturated rings. The van der Waals surface area contributed by atoms with Gasteiger partial charge >= 0.3 is 0 Å². The molecule has 20 heavy (non-hydrogen) atoms. The molecule has 0 atom stereocenters. The highest BCUT2D eigenvalue weighted by Gasteiger charge is 2.16. The number of nitrogens with zero attached hydrogens (tertiary/aromatic N) is 3. The van der Waals surface area contributed by atoms with Crippen LogP contribution >= 0.6 is 0 Å². The number of morpholine rings is 1. The van der Waals surface area contributed by atoms with Gasteiger partial charge in [-0.05, 0) is 13.3 Å². The van der Waals surface area contributed by atoms with Crippen molar-refractivity contribution in [1.29, 1.82) is 0 Å². The fourth-order valence-corrected chi connectivity index (χ4v) is 2.07. The van der Waals surface area contributed by atoms with Gasteiger partial charge in [0.05, 0.1) is 24.5 Å². The van der Waals surface area contributed by atoms with Crippen molar-refractivity contribution in [3.63, 3.8) is 0 Å². The minimum absolute atomic E-state index is 0.0931. The number of aromatic nitrogens is 2. The lowest BCUT2D eigenvalue weighted by Gasteiger charge is -2.27. The number of carbonyl (C=O) groups is 1. The van der Waals surface area contributed by atoms with Gasteiger partial charge in [0.2, 0.25) is 5.95 Å². The van der Waals surface area contributed by atoms with E-state index < -0.39 is 0 Å². The predicted octanol–water partition coefficient (Wildman–Crippen LogP) is 1.15. The van der Waals surface area contributed by atoms with Gasteiger partial charge in [-0.15, -0.1) is 0 Å². The molecular formula is C14H22N4O2. The summed E-state index contributed by atoms with van der Waals surface area (Å²) in [6.07, 6.45) is 3.66. The van der Waals surface area contributed by atoms with Gasteiger partial charge < -0.3 is 15.0 Å². The molecule has 0 unspecified atom stereocenters. The lowest BCUT2D eigenvalue weighted by atomic mass is 10.2. The maximum Gasteiger partial charge on any atom is 0.254 e. The fourth-order valence-electron chi connectivity index (χ4n) is 2.07. The second-order valence-corrected chi connectivity index (χ2v) is 4.88.